The minimum Gasteiger partial charge on any atom is -0.482 e. The van der Waals surface area contributed by atoms with E-state index in [-0.39, 0.29) is 18.2 Å². The summed E-state index contributed by atoms with van der Waals surface area (Å²) in [6, 6.07) is 12.5. The fourth-order valence-electron chi connectivity index (χ4n) is 2.49. The lowest BCUT2D eigenvalue weighted by molar-refractivity contribution is -0.156. The Bertz CT molecular complexity index is 833. The SMILES string of the molecule is CCC(=O)c1ccc(OCC(=O)O[C@@H](C)C(=O)NCCc2ccc(F)cc2)cc1. The Balaban J connectivity index is 1.70. The van der Waals surface area contributed by atoms with E-state index in [1.54, 1.807) is 43.3 Å². The summed E-state index contributed by atoms with van der Waals surface area (Å²) in [7, 11) is 0. The molecule has 6 nitrogen and oxygen atoms in total. The van der Waals surface area contributed by atoms with Gasteiger partial charge in [0.15, 0.2) is 18.5 Å². The van der Waals surface area contributed by atoms with E-state index in [2.05, 4.69) is 5.32 Å². The maximum absolute atomic E-state index is 12.9. The summed E-state index contributed by atoms with van der Waals surface area (Å²) in [4.78, 5) is 35.4. The van der Waals surface area contributed by atoms with E-state index in [0.717, 1.165) is 5.56 Å². The van der Waals surface area contributed by atoms with E-state index in [4.69, 9.17) is 9.47 Å². The highest BCUT2D eigenvalue weighted by Gasteiger charge is 2.17. The van der Waals surface area contributed by atoms with Crippen molar-refractivity contribution in [3.63, 3.8) is 0 Å². The Morgan fingerprint density at radius 2 is 1.69 bits per heavy atom. The molecule has 0 aliphatic heterocycles. The maximum Gasteiger partial charge on any atom is 0.344 e. The van der Waals surface area contributed by atoms with Crippen LogP contribution < -0.4 is 10.1 Å². The molecule has 0 fully saturated rings. The predicted molar refractivity (Wildman–Crippen MR) is 105 cm³/mol. The Morgan fingerprint density at radius 1 is 1.03 bits per heavy atom. The fourth-order valence-corrected chi connectivity index (χ4v) is 2.49. The van der Waals surface area contributed by atoms with Gasteiger partial charge in [-0.25, -0.2) is 9.18 Å². The summed E-state index contributed by atoms with van der Waals surface area (Å²) in [5.74, 6) is -0.977. The Hall–Kier alpha value is -3.22. The van der Waals surface area contributed by atoms with E-state index in [0.29, 0.717) is 30.7 Å². The fraction of sp³-hybridized carbons (Fsp3) is 0.318. The van der Waals surface area contributed by atoms with E-state index in [1.807, 2.05) is 0 Å². The van der Waals surface area contributed by atoms with Gasteiger partial charge in [0.25, 0.3) is 5.91 Å². The van der Waals surface area contributed by atoms with Gasteiger partial charge in [0.1, 0.15) is 11.6 Å². The second kappa shape index (κ2) is 10.9. The van der Waals surface area contributed by atoms with Crippen molar-refractivity contribution in [2.45, 2.75) is 32.8 Å². The number of carbonyl (C=O) groups excluding carboxylic acids is 3. The molecular weight excluding hydrogens is 377 g/mol. The molecule has 0 bridgehead atoms. The van der Waals surface area contributed by atoms with Gasteiger partial charge in [-0.1, -0.05) is 19.1 Å². The van der Waals surface area contributed by atoms with Crippen molar-refractivity contribution in [3.8, 4) is 5.75 Å². The predicted octanol–water partition coefficient (Wildman–Crippen LogP) is 3.09. The summed E-state index contributed by atoms with van der Waals surface area (Å²) in [6.45, 7) is 3.24. The van der Waals surface area contributed by atoms with Gasteiger partial charge in [-0.2, -0.15) is 0 Å². The van der Waals surface area contributed by atoms with Crippen LogP contribution in [0.25, 0.3) is 0 Å². The van der Waals surface area contributed by atoms with Crippen molar-refractivity contribution in [2.75, 3.05) is 13.2 Å². The molecule has 0 heterocycles. The number of halogens is 1. The molecule has 0 saturated heterocycles. The number of hydrogen-bond acceptors (Lipinski definition) is 5. The van der Waals surface area contributed by atoms with Crippen LogP contribution in [-0.2, 0) is 20.7 Å². The first-order valence-corrected chi connectivity index (χ1v) is 9.36. The van der Waals surface area contributed by atoms with Crippen molar-refractivity contribution < 1.29 is 28.2 Å². The molecule has 0 aliphatic carbocycles. The van der Waals surface area contributed by atoms with Crippen LogP contribution in [0.2, 0.25) is 0 Å². The van der Waals surface area contributed by atoms with Gasteiger partial charge in [-0.3, -0.25) is 9.59 Å². The number of nitrogens with one attached hydrogen (secondary N) is 1. The number of esters is 1. The molecule has 154 valence electrons. The molecule has 2 aromatic carbocycles. The van der Waals surface area contributed by atoms with Crippen LogP contribution in [0.4, 0.5) is 4.39 Å². The van der Waals surface area contributed by atoms with Gasteiger partial charge in [0, 0.05) is 18.5 Å². The van der Waals surface area contributed by atoms with Gasteiger partial charge in [0.05, 0.1) is 0 Å². The number of Topliss-reactive ketones (excluding diaryl/α,β-unsaturated/α-hetero) is 1. The van der Waals surface area contributed by atoms with Crippen LogP contribution in [0.3, 0.4) is 0 Å². The summed E-state index contributed by atoms with van der Waals surface area (Å²) in [6.07, 6.45) is -0.0215. The third-order valence-corrected chi connectivity index (χ3v) is 4.16. The van der Waals surface area contributed by atoms with Gasteiger partial charge >= 0.3 is 5.97 Å². The molecule has 0 aliphatic rings. The number of benzene rings is 2. The number of carbonyl (C=O) groups is 3. The highest BCUT2D eigenvalue weighted by atomic mass is 19.1. The van der Waals surface area contributed by atoms with Gasteiger partial charge in [0.2, 0.25) is 0 Å². The molecule has 0 spiro atoms. The highest BCUT2D eigenvalue weighted by Crippen LogP contribution is 2.13. The molecule has 0 radical (unpaired) electrons. The third-order valence-electron chi connectivity index (χ3n) is 4.16. The number of rotatable bonds is 10. The van der Waals surface area contributed by atoms with E-state index < -0.39 is 18.0 Å². The minimum absolute atomic E-state index is 0.0234. The molecule has 1 N–H and O–H groups in total. The quantitative estimate of drug-likeness (QED) is 0.489. The van der Waals surface area contributed by atoms with Crippen LogP contribution in [0.15, 0.2) is 48.5 Å². The Morgan fingerprint density at radius 3 is 2.31 bits per heavy atom. The summed E-state index contributed by atoms with van der Waals surface area (Å²) >= 11 is 0. The number of amides is 1. The zero-order chi connectivity index (χ0) is 21.2. The molecule has 0 aromatic heterocycles. The first-order chi connectivity index (χ1) is 13.9. The molecule has 2 rings (SSSR count). The van der Waals surface area contributed by atoms with E-state index in [9.17, 15) is 18.8 Å². The normalized spacial score (nSPS) is 11.4. The molecular formula is C22H24FNO5. The van der Waals surface area contributed by atoms with Crippen LogP contribution in [0, 0.1) is 5.82 Å². The van der Waals surface area contributed by atoms with Crippen molar-refractivity contribution >= 4 is 17.7 Å². The van der Waals surface area contributed by atoms with Gasteiger partial charge < -0.3 is 14.8 Å². The lowest BCUT2D eigenvalue weighted by Crippen LogP contribution is -2.37. The third kappa shape index (κ3) is 7.37. The maximum atomic E-state index is 12.9. The second-order valence-corrected chi connectivity index (χ2v) is 6.39. The molecule has 0 unspecified atom stereocenters. The lowest BCUT2D eigenvalue weighted by atomic mass is 10.1. The molecule has 2 aromatic rings. The lowest BCUT2D eigenvalue weighted by Gasteiger charge is -2.14. The van der Waals surface area contributed by atoms with Crippen LogP contribution in [0.5, 0.6) is 5.75 Å². The van der Waals surface area contributed by atoms with Crippen LogP contribution in [-0.4, -0.2) is 36.9 Å². The van der Waals surface area contributed by atoms with E-state index in [1.165, 1.54) is 19.1 Å². The second-order valence-electron chi connectivity index (χ2n) is 6.39. The monoisotopic (exact) mass is 401 g/mol. The van der Waals surface area contributed by atoms with Crippen molar-refractivity contribution in [2.24, 2.45) is 0 Å². The van der Waals surface area contributed by atoms with Gasteiger partial charge in [-0.05, 0) is 55.3 Å². The smallest absolute Gasteiger partial charge is 0.344 e. The Labute approximate surface area is 169 Å². The van der Waals surface area contributed by atoms with Crippen molar-refractivity contribution in [3.05, 3.63) is 65.5 Å². The number of hydrogen-bond donors (Lipinski definition) is 1. The standard InChI is InChI=1S/C22H24FNO5/c1-3-20(25)17-6-10-19(11-7-17)28-14-21(26)29-15(2)22(27)24-13-12-16-4-8-18(23)9-5-16/h4-11,15H,3,12-14H2,1-2H3,(H,24,27)/t15-/m0/s1. The zero-order valence-electron chi connectivity index (χ0n) is 16.4. The molecule has 7 heteroatoms. The first kappa shape index (κ1) is 22.1. The number of ketones is 1. The molecule has 0 saturated carbocycles. The average Bonchev–Trinajstić information content (AvgIpc) is 2.73. The zero-order valence-corrected chi connectivity index (χ0v) is 16.4. The van der Waals surface area contributed by atoms with Crippen molar-refractivity contribution in [1.82, 2.24) is 5.32 Å². The largest absolute Gasteiger partial charge is 0.482 e. The first-order valence-electron chi connectivity index (χ1n) is 9.36. The van der Waals surface area contributed by atoms with Crippen LogP contribution >= 0.6 is 0 Å². The van der Waals surface area contributed by atoms with Crippen molar-refractivity contribution in [1.29, 1.82) is 0 Å². The number of ether oxygens (including phenoxy) is 2. The molecule has 1 atom stereocenters. The molecule has 1 amide bonds. The summed E-state index contributed by atoms with van der Waals surface area (Å²) < 4.78 is 23.2. The minimum atomic E-state index is -0.969. The summed E-state index contributed by atoms with van der Waals surface area (Å²) in [5.41, 5.74) is 1.46. The average molecular weight is 401 g/mol. The van der Waals surface area contributed by atoms with E-state index >= 15 is 0 Å². The van der Waals surface area contributed by atoms with Gasteiger partial charge in [-0.15, -0.1) is 0 Å². The highest BCUT2D eigenvalue weighted by molar-refractivity contribution is 5.95. The summed E-state index contributed by atoms with van der Waals surface area (Å²) in [5, 5.41) is 2.66. The topological polar surface area (TPSA) is 81.7 Å². The Kier molecular flexibility index (Phi) is 8.33. The molecule has 29 heavy (non-hydrogen) atoms. The van der Waals surface area contributed by atoms with Crippen LogP contribution in [0.1, 0.15) is 36.2 Å².